The second-order valence-corrected chi connectivity index (χ2v) is 2.73. The fourth-order valence-corrected chi connectivity index (χ4v) is 0.799. The summed E-state index contributed by atoms with van der Waals surface area (Å²) in [5, 5.41) is 7.23. The average molecular weight is 214 g/mol. The zero-order valence-corrected chi connectivity index (χ0v) is 7.48. The van der Waals surface area contributed by atoms with Crippen LogP contribution in [0.25, 0.3) is 0 Å². The molecular weight excluding hydrogens is 206 g/mol. The van der Waals surface area contributed by atoms with Crippen LogP contribution in [0.3, 0.4) is 0 Å². The van der Waals surface area contributed by atoms with E-state index in [1.807, 2.05) is 0 Å². The monoisotopic (exact) mass is 213 g/mol. The Morgan fingerprint density at radius 1 is 1.73 bits per heavy atom. The van der Waals surface area contributed by atoms with E-state index in [0.717, 1.165) is 17.3 Å². The maximum Gasteiger partial charge on any atom is 0.134 e. The van der Waals surface area contributed by atoms with Gasteiger partial charge in [0.25, 0.3) is 0 Å². The zero-order valence-electron chi connectivity index (χ0n) is 5.89. The van der Waals surface area contributed by atoms with E-state index in [0.29, 0.717) is 5.82 Å². The highest BCUT2D eigenvalue weighted by Gasteiger charge is 1.93. The summed E-state index contributed by atoms with van der Waals surface area (Å²) in [6.07, 6.45) is 2.45. The van der Waals surface area contributed by atoms with E-state index >= 15 is 0 Å². The molecule has 0 spiro atoms. The van der Waals surface area contributed by atoms with Gasteiger partial charge in [-0.25, -0.2) is 0 Å². The molecule has 11 heavy (non-hydrogen) atoms. The fourth-order valence-electron chi connectivity index (χ4n) is 0.601. The van der Waals surface area contributed by atoms with Gasteiger partial charge in [0.2, 0.25) is 0 Å². The Morgan fingerprint density at radius 3 is 3.09 bits per heavy atom. The standard InChI is InChI=1S/C7H8BrN3/c8-4-2-1-3-6-5-10-11-7(6)9/h5H,2,4H2,(H3,9,10,11). The number of anilines is 1. The van der Waals surface area contributed by atoms with Gasteiger partial charge >= 0.3 is 0 Å². The topological polar surface area (TPSA) is 54.7 Å². The predicted octanol–water partition coefficient (Wildman–Crippen LogP) is 1.13. The van der Waals surface area contributed by atoms with Crippen LogP contribution in [0, 0.1) is 11.8 Å². The van der Waals surface area contributed by atoms with Crippen LogP contribution in [0.15, 0.2) is 6.20 Å². The van der Waals surface area contributed by atoms with Crippen molar-refractivity contribution in [3.8, 4) is 11.8 Å². The van der Waals surface area contributed by atoms with Crippen LogP contribution < -0.4 is 5.73 Å². The highest BCUT2D eigenvalue weighted by atomic mass is 79.9. The normalized spacial score (nSPS) is 8.82. The SMILES string of the molecule is Nc1[nH]ncc1C#CCCBr. The summed E-state index contributed by atoms with van der Waals surface area (Å²) >= 11 is 3.27. The number of hydrogen-bond donors (Lipinski definition) is 2. The summed E-state index contributed by atoms with van der Waals surface area (Å²) in [7, 11) is 0. The average Bonchev–Trinajstić information content (AvgIpc) is 2.37. The van der Waals surface area contributed by atoms with E-state index in [1.54, 1.807) is 6.20 Å². The summed E-state index contributed by atoms with van der Waals surface area (Å²) in [5.41, 5.74) is 6.26. The predicted molar refractivity (Wildman–Crippen MR) is 48.3 cm³/mol. The molecule has 0 aliphatic carbocycles. The molecule has 1 rings (SSSR count). The van der Waals surface area contributed by atoms with E-state index in [-0.39, 0.29) is 0 Å². The number of rotatable bonds is 1. The Labute approximate surface area is 73.5 Å². The number of nitrogens with one attached hydrogen (secondary N) is 1. The van der Waals surface area contributed by atoms with Crippen LogP contribution in [0.4, 0.5) is 5.82 Å². The summed E-state index contributed by atoms with van der Waals surface area (Å²) < 4.78 is 0. The van der Waals surface area contributed by atoms with Crippen molar-refractivity contribution in [1.29, 1.82) is 0 Å². The Bertz CT molecular complexity index is 281. The van der Waals surface area contributed by atoms with Crippen molar-refractivity contribution >= 4 is 21.7 Å². The van der Waals surface area contributed by atoms with Crippen molar-refractivity contribution in [3.63, 3.8) is 0 Å². The Balaban J connectivity index is 2.65. The molecular formula is C7H8BrN3. The van der Waals surface area contributed by atoms with E-state index in [9.17, 15) is 0 Å². The molecule has 0 bridgehead atoms. The quantitative estimate of drug-likeness (QED) is 0.543. The molecule has 0 saturated heterocycles. The molecule has 0 amide bonds. The number of nitrogens with zero attached hydrogens (tertiary/aromatic N) is 1. The number of aromatic amines is 1. The largest absolute Gasteiger partial charge is 0.383 e. The molecule has 0 atom stereocenters. The zero-order chi connectivity index (χ0) is 8.10. The maximum atomic E-state index is 5.49. The van der Waals surface area contributed by atoms with Gasteiger partial charge in [-0.3, -0.25) is 5.10 Å². The van der Waals surface area contributed by atoms with Crippen LogP contribution in [-0.2, 0) is 0 Å². The summed E-state index contributed by atoms with van der Waals surface area (Å²) in [6, 6.07) is 0. The first-order chi connectivity index (χ1) is 5.34. The van der Waals surface area contributed by atoms with Gasteiger partial charge in [-0.05, 0) is 0 Å². The highest BCUT2D eigenvalue weighted by molar-refractivity contribution is 9.09. The number of nitrogen functional groups attached to an aromatic ring is 1. The van der Waals surface area contributed by atoms with Gasteiger partial charge in [-0.2, -0.15) is 5.10 Å². The molecule has 0 aliphatic heterocycles. The third kappa shape index (κ3) is 2.28. The number of aromatic nitrogens is 2. The van der Waals surface area contributed by atoms with Crippen LogP contribution in [0.5, 0.6) is 0 Å². The molecule has 0 fully saturated rings. The molecule has 58 valence electrons. The lowest BCUT2D eigenvalue weighted by Crippen LogP contribution is -1.86. The lowest BCUT2D eigenvalue weighted by molar-refractivity contribution is 1.10. The van der Waals surface area contributed by atoms with Crippen LogP contribution in [0.2, 0.25) is 0 Å². The smallest absolute Gasteiger partial charge is 0.134 e. The first-order valence-corrected chi connectivity index (χ1v) is 4.30. The molecule has 0 radical (unpaired) electrons. The number of halogens is 1. The lowest BCUT2D eigenvalue weighted by Gasteiger charge is -1.82. The van der Waals surface area contributed by atoms with Crippen molar-refractivity contribution < 1.29 is 0 Å². The molecule has 0 aliphatic rings. The van der Waals surface area contributed by atoms with Crippen LogP contribution >= 0.6 is 15.9 Å². The molecule has 1 aromatic rings. The van der Waals surface area contributed by atoms with Gasteiger partial charge in [0.1, 0.15) is 5.82 Å². The maximum absolute atomic E-state index is 5.49. The van der Waals surface area contributed by atoms with Gasteiger partial charge in [-0.15, -0.1) is 0 Å². The Kier molecular flexibility index (Phi) is 2.99. The minimum Gasteiger partial charge on any atom is -0.383 e. The molecule has 1 aromatic heterocycles. The van der Waals surface area contributed by atoms with Gasteiger partial charge < -0.3 is 5.73 Å². The van der Waals surface area contributed by atoms with Gasteiger partial charge in [0.05, 0.1) is 11.8 Å². The minimum absolute atomic E-state index is 0.534. The van der Waals surface area contributed by atoms with Crippen molar-refractivity contribution in [3.05, 3.63) is 11.8 Å². The van der Waals surface area contributed by atoms with E-state index in [1.165, 1.54) is 0 Å². The van der Waals surface area contributed by atoms with Crippen molar-refractivity contribution in [1.82, 2.24) is 10.2 Å². The number of nitrogens with two attached hydrogens (primary N) is 1. The van der Waals surface area contributed by atoms with E-state index < -0.39 is 0 Å². The summed E-state index contributed by atoms with van der Waals surface area (Å²) in [5.74, 6) is 6.37. The molecule has 1 heterocycles. The second-order valence-electron chi connectivity index (χ2n) is 1.94. The third-order valence-corrected chi connectivity index (χ3v) is 1.51. The lowest BCUT2D eigenvalue weighted by atomic mass is 10.3. The summed E-state index contributed by atoms with van der Waals surface area (Å²) in [6.45, 7) is 0. The second kappa shape index (κ2) is 4.04. The molecule has 0 saturated carbocycles. The van der Waals surface area contributed by atoms with E-state index in [4.69, 9.17) is 5.73 Å². The molecule has 3 N–H and O–H groups in total. The van der Waals surface area contributed by atoms with Crippen molar-refractivity contribution in [2.24, 2.45) is 0 Å². The van der Waals surface area contributed by atoms with Crippen LogP contribution in [0.1, 0.15) is 12.0 Å². The number of hydrogen-bond acceptors (Lipinski definition) is 2. The molecule has 0 aromatic carbocycles. The first kappa shape index (κ1) is 8.15. The van der Waals surface area contributed by atoms with Crippen molar-refractivity contribution in [2.45, 2.75) is 6.42 Å². The van der Waals surface area contributed by atoms with Gasteiger partial charge in [0.15, 0.2) is 0 Å². The van der Waals surface area contributed by atoms with Gasteiger partial charge in [0, 0.05) is 11.8 Å². The highest BCUT2D eigenvalue weighted by Crippen LogP contribution is 2.02. The van der Waals surface area contributed by atoms with Crippen LogP contribution in [-0.4, -0.2) is 15.5 Å². The van der Waals surface area contributed by atoms with E-state index in [2.05, 4.69) is 38.0 Å². The molecule has 4 heteroatoms. The summed E-state index contributed by atoms with van der Waals surface area (Å²) in [4.78, 5) is 0. The number of H-pyrrole nitrogens is 1. The number of alkyl halides is 1. The molecule has 0 unspecified atom stereocenters. The van der Waals surface area contributed by atoms with Crippen molar-refractivity contribution in [2.75, 3.05) is 11.1 Å². The van der Waals surface area contributed by atoms with Gasteiger partial charge in [-0.1, -0.05) is 27.8 Å². The molecule has 3 nitrogen and oxygen atoms in total. The Hall–Kier alpha value is -0.950. The fraction of sp³-hybridized carbons (Fsp3) is 0.286. The Morgan fingerprint density at radius 2 is 2.55 bits per heavy atom. The third-order valence-electron chi connectivity index (χ3n) is 1.11. The minimum atomic E-state index is 0.534. The first-order valence-electron chi connectivity index (χ1n) is 3.18.